The number of imidazole rings is 1. The summed E-state index contributed by atoms with van der Waals surface area (Å²) >= 11 is 0. The monoisotopic (exact) mass is 429 g/mol. The molecule has 0 spiro atoms. The molecule has 2 fully saturated rings. The predicted octanol–water partition coefficient (Wildman–Crippen LogP) is 4.10. The lowest BCUT2D eigenvalue weighted by Gasteiger charge is -2.18. The zero-order chi connectivity index (χ0) is 21.9. The van der Waals surface area contributed by atoms with Gasteiger partial charge in [0.2, 0.25) is 5.91 Å². The second-order valence-corrected chi connectivity index (χ2v) is 8.91. The number of carbonyl (C=O) groups is 1. The fourth-order valence-corrected chi connectivity index (χ4v) is 4.69. The minimum Gasteiger partial charge on any atom is -0.348 e. The lowest BCUT2D eigenvalue weighted by molar-refractivity contribution is -0.123. The van der Waals surface area contributed by atoms with Crippen LogP contribution in [0.1, 0.15) is 56.1 Å². The number of benzene rings is 2. The van der Waals surface area contributed by atoms with Gasteiger partial charge in [0.05, 0.1) is 30.0 Å². The quantitative estimate of drug-likeness (QED) is 0.476. The Labute approximate surface area is 189 Å². The first kappa shape index (κ1) is 20.9. The van der Waals surface area contributed by atoms with Crippen molar-refractivity contribution in [3.8, 4) is 22.4 Å². The maximum absolute atomic E-state index is 12.4. The lowest BCUT2D eigenvalue weighted by Crippen LogP contribution is -2.41. The second-order valence-electron chi connectivity index (χ2n) is 8.91. The van der Waals surface area contributed by atoms with E-state index in [1.54, 1.807) is 0 Å². The molecule has 3 aromatic rings. The van der Waals surface area contributed by atoms with Crippen LogP contribution in [0.2, 0.25) is 0 Å². The van der Waals surface area contributed by atoms with Crippen molar-refractivity contribution in [2.75, 3.05) is 13.1 Å². The first-order chi connectivity index (χ1) is 15.7. The zero-order valence-corrected chi connectivity index (χ0v) is 18.5. The molecule has 3 atom stereocenters. The van der Waals surface area contributed by atoms with E-state index < -0.39 is 0 Å². The standard InChI is InChI=1S/C26H31N5O/c1-17(30-26(32)23-5-3-15-28-23)18-6-8-19(9-7-18)20-10-12-21(13-11-20)24-16-29-25(31-24)22-4-2-14-27-22/h6-13,16-17,22-23,27-28H,2-5,14-15H2,1H3,(H,29,31)(H,30,32)/t17-,22-,23-/m0/s1. The largest absolute Gasteiger partial charge is 0.348 e. The van der Waals surface area contributed by atoms with Crippen LogP contribution in [0.15, 0.2) is 54.7 Å². The van der Waals surface area contributed by atoms with E-state index in [1.165, 1.54) is 12.0 Å². The molecule has 2 aromatic carbocycles. The van der Waals surface area contributed by atoms with Gasteiger partial charge in [-0.3, -0.25) is 4.79 Å². The van der Waals surface area contributed by atoms with E-state index in [0.717, 1.165) is 60.6 Å². The van der Waals surface area contributed by atoms with Crippen LogP contribution in [-0.2, 0) is 4.79 Å². The lowest BCUT2D eigenvalue weighted by atomic mass is 10.00. The highest BCUT2D eigenvalue weighted by Gasteiger charge is 2.23. The average molecular weight is 430 g/mol. The van der Waals surface area contributed by atoms with Gasteiger partial charge in [-0.05, 0) is 68.0 Å². The number of aromatic nitrogens is 2. The third-order valence-electron chi connectivity index (χ3n) is 6.66. The van der Waals surface area contributed by atoms with Crippen molar-refractivity contribution < 1.29 is 4.79 Å². The van der Waals surface area contributed by atoms with E-state index in [0.29, 0.717) is 6.04 Å². The van der Waals surface area contributed by atoms with Crippen LogP contribution in [-0.4, -0.2) is 35.0 Å². The summed E-state index contributed by atoms with van der Waals surface area (Å²) in [5.41, 5.74) is 5.64. The summed E-state index contributed by atoms with van der Waals surface area (Å²) < 4.78 is 0. The van der Waals surface area contributed by atoms with Gasteiger partial charge in [-0.25, -0.2) is 4.98 Å². The van der Waals surface area contributed by atoms with Crippen molar-refractivity contribution in [2.45, 2.75) is 50.7 Å². The third kappa shape index (κ3) is 4.47. The molecule has 2 aliphatic rings. The summed E-state index contributed by atoms with van der Waals surface area (Å²) in [4.78, 5) is 20.4. The van der Waals surface area contributed by atoms with Crippen LogP contribution < -0.4 is 16.0 Å². The Hall–Kier alpha value is -2.96. The maximum atomic E-state index is 12.4. The number of carbonyl (C=O) groups excluding carboxylic acids is 1. The number of hydrogen-bond acceptors (Lipinski definition) is 4. The molecule has 1 aromatic heterocycles. The van der Waals surface area contributed by atoms with Crippen LogP contribution in [0.5, 0.6) is 0 Å². The summed E-state index contributed by atoms with van der Waals surface area (Å²) in [6.45, 7) is 4.03. The van der Waals surface area contributed by atoms with E-state index in [1.807, 2.05) is 13.1 Å². The average Bonchev–Trinajstić information content (AvgIpc) is 3.61. The van der Waals surface area contributed by atoms with Gasteiger partial charge >= 0.3 is 0 Å². The Morgan fingerprint density at radius 1 is 0.938 bits per heavy atom. The molecule has 3 heterocycles. The van der Waals surface area contributed by atoms with E-state index in [4.69, 9.17) is 0 Å². The molecular weight excluding hydrogens is 398 g/mol. The van der Waals surface area contributed by atoms with Crippen LogP contribution in [0.4, 0.5) is 0 Å². The summed E-state index contributed by atoms with van der Waals surface area (Å²) in [6, 6.07) is 17.3. The van der Waals surface area contributed by atoms with Gasteiger partial charge in [0.25, 0.3) is 0 Å². The van der Waals surface area contributed by atoms with Gasteiger partial charge in [0, 0.05) is 0 Å². The molecule has 32 heavy (non-hydrogen) atoms. The molecule has 0 saturated carbocycles. The Kier molecular flexibility index (Phi) is 6.06. The van der Waals surface area contributed by atoms with E-state index in [9.17, 15) is 4.79 Å². The van der Waals surface area contributed by atoms with Crippen LogP contribution >= 0.6 is 0 Å². The Balaban J connectivity index is 1.23. The first-order valence-electron chi connectivity index (χ1n) is 11.7. The van der Waals surface area contributed by atoms with E-state index in [-0.39, 0.29) is 18.0 Å². The van der Waals surface area contributed by atoms with E-state index in [2.05, 4.69) is 74.4 Å². The molecular formula is C26H31N5O. The highest BCUT2D eigenvalue weighted by Crippen LogP contribution is 2.27. The van der Waals surface area contributed by atoms with Gasteiger partial charge in [-0.15, -0.1) is 0 Å². The normalized spacial score (nSPS) is 21.5. The fourth-order valence-electron chi connectivity index (χ4n) is 4.69. The Morgan fingerprint density at radius 3 is 2.25 bits per heavy atom. The number of nitrogens with one attached hydrogen (secondary N) is 4. The summed E-state index contributed by atoms with van der Waals surface area (Å²) in [5.74, 6) is 1.13. The van der Waals surface area contributed by atoms with Gasteiger partial charge in [0.15, 0.2) is 0 Å². The zero-order valence-electron chi connectivity index (χ0n) is 18.5. The molecule has 2 saturated heterocycles. The molecule has 2 aliphatic heterocycles. The van der Waals surface area contributed by atoms with E-state index >= 15 is 0 Å². The number of hydrogen-bond donors (Lipinski definition) is 4. The molecule has 166 valence electrons. The summed E-state index contributed by atoms with van der Waals surface area (Å²) in [5, 5.41) is 9.87. The van der Waals surface area contributed by atoms with Gasteiger partial charge in [-0.2, -0.15) is 0 Å². The van der Waals surface area contributed by atoms with Crippen molar-refractivity contribution in [1.82, 2.24) is 25.9 Å². The molecule has 6 heteroatoms. The molecule has 1 amide bonds. The van der Waals surface area contributed by atoms with Gasteiger partial charge < -0.3 is 20.9 Å². The number of nitrogens with zero attached hydrogens (tertiary/aromatic N) is 1. The van der Waals surface area contributed by atoms with Gasteiger partial charge in [0.1, 0.15) is 5.82 Å². The number of H-pyrrole nitrogens is 1. The maximum Gasteiger partial charge on any atom is 0.237 e. The third-order valence-corrected chi connectivity index (χ3v) is 6.66. The number of aromatic amines is 1. The van der Waals surface area contributed by atoms with Crippen molar-refractivity contribution in [3.05, 3.63) is 66.1 Å². The first-order valence-corrected chi connectivity index (χ1v) is 11.7. The van der Waals surface area contributed by atoms with Gasteiger partial charge in [-0.1, -0.05) is 48.5 Å². The summed E-state index contributed by atoms with van der Waals surface area (Å²) in [6.07, 6.45) is 6.26. The second kappa shape index (κ2) is 9.27. The summed E-state index contributed by atoms with van der Waals surface area (Å²) in [7, 11) is 0. The molecule has 0 aliphatic carbocycles. The van der Waals surface area contributed by atoms with Crippen molar-refractivity contribution in [1.29, 1.82) is 0 Å². The number of rotatable bonds is 6. The highest BCUT2D eigenvalue weighted by molar-refractivity contribution is 5.82. The molecule has 5 rings (SSSR count). The highest BCUT2D eigenvalue weighted by atomic mass is 16.2. The fraction of sp³-hybridized carbons (Fsp3) is 0.385. The molecule has 0 radical (unpaired) electrons. The van der Waals surface area contributed by atoms with Crippen molar-refractivity contribution >= 4 is 5.91 Å². The molecule has 4 N–H and O–H groups in total. The Bertz CT molecular complexity index is 1040. The van der Waals surface area contributed by atoms with Crippen LogP contribution in [0, 0.1) is 0 Å². The molecule has 0 unspecified atom stereocenters. The van der Waals surface area contributed by atoms with Crippen LogP contribution in [0.3, 0.4) is 0 Å². The Morgan fingerprint density at radius 2 is 1.59 bits per heavy atom. The molecule has 6 nitrogen and oxygen atoms in total. The van der Waals surface area contributed by atoms with Crippen molar-refractivity contribution in [3.63, 3.8) is 0 Å². The molecule has 0 bridgehead atoms. The predicted molar refractivity (Wildman–Crippen MR) is 127 cm³/mol. The van der Waals surface area contributed by atoms with Crippen molar-refractivity contribution in [2.24, 2.45) is 0 Å². The smallest absolute Gasteiger partial charge is 0.237 e. The van der Waals surface area contributed by atoms with Crippen LogP contribution in [0.25, 0.3) is 22.4 Å². The minimum absolute atomic E-state index is 0.00902. The SMILES string of the molecule is C[C@H](NC(=O)[C@@H]1CCCN1)c1ccc(-c2ccc(-c3cnc([C@@H]4CCCN4)[nH]3)cc2)cc1. The topological polar surface area (TPSA) is 81.8 Å². The number of amides is 1. The minimum atomic E-state index is -0.0457.